The minimum atomic E-state index is -1.07. The van der Waals surface area contributed by atoms with Crippen molar-refractivity contribution in [1.82, 2.24) is 4.57 Å². The maximum Gasteiger partial charge on any atom is 0.337 e. The van der Waals surface area contributed by atoms with Crippen LogP contribution in [0.2, 0.25) is 0 Å². The first-order valence-corrected chi connectivity index (χ1v) is 5.64. The number of carbonyl (C=O) groups is 1. The summed E-state index contributed by atoms with van der Waals surface area (Å²) < 4.78 is 6.45. The molecule has 5 heteroatoms. The van der Waals surface area contributed by atoms with Gasteiger partial charge in [0.2, 0.25) is 0 Å². The van der Waals surface area contributed by atoms with Crippen molar-refractivity contribution in [2.24, 2.45) is 0 Å². The van der Waals surface area contributed by atoms with Gasteiger partial charge in [-0.2, -0.15) is 0 Å². The van der Waals surface area contributed by atoms with Gasteiger partial charge in [-0.15, -0.1) is 0 Å². The Morgan fingerprint density at radius 1 is 1.26 bits per heavy atom. The quantitative estimate of drug-likeness (QED) is 0.913. The molecule has 2 aromatic rings. The number of nitrogens with zero attached hydrogens (tertiary/aromatic N) is 1. The fourth-order valence-corrected chi connectivity index (χ4v) is 1.83. The molecule has 0 saturated heterocycles. The molecule has 0 amide bonds. The number of aromatic nitrogens is 1. The molecule has 0 radical (unpaired) electrons. The Hall–Kier alpha value is -2.56. The lowest BCUT2D eigenvalue weighted by atomic mass is 10.2. The number of hydrogen-bond donors (Lipinski definition) is 1. The highest BCUT2D eigenvalue weighted by Gasteiger charge is 2.08. The summed E-state index contributed by atoms with van der Waals surface area (Å²) >= 11 is 0. The van der Waals surface area contributed by atoms with Crippen molar-refractivity contribution in [2.75, 3.05) is 7.11 Å². The molecule has 0 spiro atoms. The van der Waals surface area contributed by atoms with E-state index < -0.39 is 5.97 Å². The fourth-order valence-electron chi connectivity index (χ4n) is 1.83. The summed E-state index contributed by atoms with van der Waals surface area (Å²) in [7, 11) is 1.57. The molecule has 0 aliphatic carbocycles. The third-order valence-electron chi connectivity index (χ3n) is 2.81. The van der Waals surface area contributed by atoms with E-state index in [1.807, 2.05) is 6.92 Å². The van der Waals surface area contributed by atoms with Crippen LogP contribution < -0.4 is 10.3 Å². The van der Waals surface area contributed by atoms with Gasteiger partial charge in [-0.3, -0.25) is 9.36 Å². The molecule has 5 nitrogen and oxygen atoms in total. The highest BCUT2D eigenvalue weighted by Crippen LogP contribution is 2.20. The molecule has 1 aromatic heterocycles. The summed E-state index contributed by atoms with van der Waals surface area (Å²) in [6.07, 6.45) is 1.31. The molecule has 0 aliphatic rings. The van der Waals surface area contributed by atoms with Crippen LogP contribution in [0.5, 0.6) is 5.75 Å². The summed E-state index contributed by atoms with van der Waals surface area (Å²) in [5.41, 5.74) is 1.25. The van der Waals surface area contributed by atoms with E-state index in [1.54, 1.807) is 25.3 Å². The molecular weight excluding hydrogens is 246 g/mol. The predicted molar refractivity (Wildman–Crippen MR) is 70.3 cm³/mol. The second-order valence-electron chi connectivity index (χ2n) is 4.09. The van der Waals surface area contributed by atoms with Crippen molar-refractivity contribution in [3.8, 4) is 11.4 Å². The second kappa shape index (κ2) is 4.97. The Morgan fingerprint density at radius 3 is 2.58 bits per heavy atom. The lowest BCUT2D eigenvalue weighted by molar-refractivity contribution is 0.0696. The van der Waals surface area contributed by atoms with Crippen LogP contribution in [0, 0.1) is 6.92 Å². The maximum atomic E-state index is 11.8. The van der Waals surface area contributed by atoms with Crippen molar-refractivity contribution < 1.29 is 14.6 Å². The normalized spacial score (nSPS) is 10.2. The van der Waals surface area contributed by atoms with Crippen LogP contribution in [-0.2, 0) is 0 Å². The van der Waals surface area contributed by atoms with Gasteiger partial charge in [0.1, 0.15) is 5.75 Å². The van der Waals surface area contributed by atoms with Gasteiger partial charge >= 0.3 is 5.97 Å². The number of carboxylic acid groups (broad SMARTS) is 1. The first-order valence-electron chi connectivity index (χ1n) is 5.64. The molecule has 2 rings (SSSR count). The Morgan fingerprint density at radius 2 is 2.00 bits per heavy atom. The average Bonchev–Trinajstić information content (AvgIpc) is 2.38. The first-order chi connectivity index (χ1) is 9.02. The van der Waals surface area contributed by atoms with Crippen LogP contribution in [0.4, 0.5) is 0 Å². The minimum Gasteiger partial charge on any atom is -0.496 e. The minimum absolute atomic E-state index is 0.0630. The number of carboxylic acids is 1. The number of hydrogen-bond acceptors (Lipinski definition) is 3. The van der Waals surface area contributed by atoms with E-state index in [0.29, 0.717) is 11.4 Å². The number of aryl methyl sites for hydroxylation is 1. The third-order valence-corrected chi connectivity index (χ3v) is 2.81. The molecule has 0 atom stereocenters. The van der Waals surface area contributed by atoms with E-state index in [2.05, 4.69) is 0 Å². The zero-order valence-corrected chi connectivity index (χ0v) is 10.6. The summed E-state index contributed by atoms with van der Waals surface area (Å²) in [6.45, 7) is 1.86. The van der Waals surface area contributed by atoms with Crippen molar-refractivity contribution in [1.29, 1.82) is 0 Å². The first kappa shape index (κ1) is 12.9. The zero-order valence-electron chi connectivity index (χ0n) is 10.6. The van der Waals surface area contributed by atoms with Crippen molar-refractivity contribution in [3.05, 3.63) is 58.0 Å². The summed E-state index contributed by atoms with van der Waals surface area (Å²) in [5, 5.41) is 8.95. The third kappa shape index (κ3) is 2.49. The highest BCUT2D eigenvalue weighted by molar-refractivity contribution is 5.87. The Kier molecular flexibility index (Phi) is 3.37. The number of rotatable bonds is 3. The highest BCUT2D eigenvalue weighted by atomic mass is 16.5. The molecule has 19 heavy (non-hydrogen) atoms. The van der Waals surface area contributed by atoms with Crippen LogP contribution >= 0.6 is 0 Å². The number of benzene rings is 1. The van der Waals surface area contributed by atoms with Crippen LogP contribution in [-0.4, -0.2) is 22.8 Å². The monoisotopic (exact) mass is 259 g/mol. The standard InChI is InChI=1S/C14H13NO4/c1-9-7-11(4-5-12(9)19-2)15-8-10(14(17)18)3-6-13(15)16/h3-8H,1-2H3,(H,17,18). The summed E-state index contributed by atoms with van der Waals surface area (Å²) in [5.74, 6) is -0.356. The Labute approximate surface area is 109 Å². The summed E-state index contributed by atoms with van der Waals surface area (Å²) in [6, 6.07) is 7.75. The second-order valence-corrected chi connectivity index (χ2v) is 4.09. The van der Waals surface area contributed by atoms with Gasteiger partial charge in [0, 0.05) is 18.0 Å². The van der Waals surface area contributed by atoms with Crippen LogP contribution in [0.15, 0.2) is 41.3 Å². The van der Waals surface area contributed by atoms with Crippen LogP contribution in [0.25, 0.3) is 5.69 Å². The van der Waals surface area contributed by atoms with Crippen LogP contribution in [0.3, 0.4) is 0 Å². The number of aromatic carboxylic acids is 1. The van der Waals surface area contributed by atoms with Gasteiger partial charge in [0.15, 0.2) is 0 Å². The molecule has 1 N–H and O–H groups in total. The topological polar surface area (TPSA) is 68.5 Å². The number of methoxy groups -OCH3 is 1. The Bertz CT molecular complexity index is 688. The van der Waals surface area contributed by atoms with Crippen LogP contribution in [0.1, 0.15) is 15.9 Å². The largest absolute Gasteiger partial charge is 0.496 e. The Balaban J connectivity index is 2.58. The van der Waals surface area contributed by atoms with E-state index in [4.69, 9.17) is 9.84 Å². The number of ether oxygens (including phenoxy) is 1. The number of pyridine rings is 1. The molecule has 0 unspecified atom stereocenters. The molecule has 1 heterocycles. The SMILES string of the molecule is COc1ccc(-n2cc(C(=O)O)ccc2=O)cc1C. The summed E-state index contributed by atoms with van der Waals surface area (Å²) in [4.78, 5) is 22.7. The van der Waals surface area contributed by atoms with Gasteiger partial charge in [-0.25, -0.2) is 4.79 Å². The lowest BCUT2D eigenvalue weighted by Crippen LogP contribution is -2.18. The van der Waals surface area contributed by atoms with Gasteiger partial charge in [-0.1, -0.05) is 0 Å². The van der Waals surface area contributed by atoms with Crippen molar-refractivity contribution in [3.63, 3.8) is 0 Å². The molecule has 1 aromatic carbocycles. The van der Waals surface area contributed by atoms with Gasteiger partial charge < -0.3 is 9.84 Å². The lowest BCUT2D eigenvalue weighted by Gasteiger charge is -2.10. The molecule has 98 valence electrons. The molecule has 0 bridgehead atoms. The van der Waals surface area contributed by atoms with E-state index in [1.165, 1.54) is 22.9 Å². The van der Waals surface area contributed by atoms with E-state index in [0.717, 1.165) is 5.56 Å². The maximum absolute atomic E-state index is 11.8. The molecule has 0 saturated carbocycles. The average molecular weight is 259 g/mol. The van der Waals surface area contributed by atoms with Crippen molar-refractivity contribution >= 4 is 5.97 Å². The smallest absolute Gasteiger partial charge is 0.337 e. The van der Waals surface area contributed by atoms with Gasteiger partial charge in [0.05, 0.1) is 12.7 Å². The van der Waals surface area contributed by atoms with Gasteiger partial charge in [0.25, 0.3) is 5.56 Å². The zero-order chi connectivity index (χ0) is 14.0. The fraction of sp³-hybridized carbons (Fsp3) is 0.143. The molecule has 0 aliphatic heterocycles. The van der Waals surface area contributed by atoms with E-state index >= 15 is 0 Å². The van der Waals surface area contributed by atoms with E-state index in [9.17, 15) is 9.59 Å². The van der Waals surface area contributed by atoms with Gasteiger partial charge in [-0.05, 0) is 36.8 Å². The molecular formula is C14H13NO4. The predicted octanol–water partition coefficient (Wildman–Crippen LogP) is 1.85. The van der Waals surface area contributed by atoms with E-state index in [-0.39, 0.29) is 11.1 Å². The molecule has 0 fully saturated rings. The van der Waals surface area contributed by atoms with Crippen molar-refractivity contribution in [2.45, 2.75) is 6.92 Å².